The third kappa shape index (κ3) is 2.54. The average Bonchev–Trinajstić information content (AvgIpc) is 2.78. The molecule has 90 valence electrons. The van der Waals surface area contributed by atoms with Crippen LogP contribution in [0.25, 0.3) is 11.4 Å². The molecule has 2 rings (SSSR count). The highest BCUT2D eigenvalue weighted by Gasteiger charge is 2.08. The normalized spacial score (nSPS) is 11.4. The van der Waals surface area contributed by atoms with E-state index in [0.717, 1.165) is 17.2 Å². The van der Waals surface area contributed by atoms with Crippen LogP contribution in [0, 0.1) is 0 Å². The third-order valence-electron chi connectivity index (χ3n) is 2.89. The van der Waals surface area contributed by atoms with E-state index < -0.39 is 0 Å². The lowest BCUT2D eigenvalue weighted by atomic mass is 10.0. The van der Waals surface area contributed by atoms with Crippen molar-refractivity contribution in [3.8, 4) is 11.4 Å². The number of hydrogen-bond donors (Lipinski definition) is 1. The largest absolute Gasteiger partial charge is 0.262 e. The van der Waals surface area contributed by atoms with Gasteiger partial charge in [0.1, 0.15) is 5.82 Å². The fraction of sp³-hybridized carbons (Fsp3) is 0.429. The molecule has 17 heavy (non-hydrogen) atoms. The quantitative estimate of drug-likeness (QED) is 0.871. The van der Waals surface area contributed by atoms with Crippen LogP contribution in [-0.4, -0.2) is 15.2 Å². The van der Waals surface area contributed by atoms with Crippen LogP contribution < -0.4 is 0 Å². The monoisotopic (exact) mass is 229 g/mol. The first-order chi connectivity index (χ1) is 8.08. The van der Waals surface area contributed by atoms with Crippen molar-refractivity contribution >= 4 is 0 Å². The summed E-state index contributed by atoms with van der Waals surface area (Å²) in [5, 5.41) is 7.23. The minimum atomic E-state index is 0.381. The van der Waals surface area contributed by atoms with Gasteiger partial charge in [0, 0.05) is 11.5 Å². The molecule has 0 amide bonds. The molecule has 0 bridgehead atoms. The van der Waals surface area contributed by atoms with Gasteiger partial charge >= 0.3 is 0 Å². The fourth-order valence-corrected chi connectivity index (χ4v) is 1.68. The standard InChI is InChI=1S/C14H19N3/c1-9(2)11-5-7-12(8-6-11)14-15-13(10(3)4)16-17-14/h5-10H,1-4H3,(H,15,16,17). The Labute approximate surface area is 102 Å². The van der Waals surface area contributed by atoms with Crippen LogP contribution >= 0.6 is 0 Å². The summed E-state index contributed by atoms with van der Waals surface area (Å²) in [6.45, 7) is 8.59. The molecule has 0 aliphatic rings. The summed E-state index contributed by atoms with van der Waals surface area (Å²) in [7, 11) is 0. The van der Waals surface area contributed by atoms with E-state index in [1.807, 2.05) is 0 Å². The molecule has 0 spiro atoms. The lowest BCUT2D eigenvalue weighted by Gasteiger charge is -2.04. The number of H-pyrrole nitrogens is 1. The number of hydrogen-bond acceptors (Lipinski definition) is 2. The predicted octanol–water partition coefficient (Wildman–Crippen LogP) is 3.72. The number of nitrogens with zero attached hydrogens (tertiary/aromatic N) is 2. The molecule has 1 heterocycles. The van der Waals surface area contributed by atoms with Crippen LogP contribution in [0.3, 0.4) is 0 Å². The van der Waals surface area contributed by atoms with Gasteiger partial charge in [-0.1, -0.05) is 52.0 Å². The molecule has 0 saturated carbocycles. The Hall–Kier alpha value is -1.64. The van der Waals surface area contributed by atoms with Gasteiger partial charge in [-0.2, -0.15) is 5.10 Å². The SMILES string of the molecule is CC(C)c1ccc(-c2n[nH]c(C(C)C)n2)cc1. The Morgan fingerprint density at radius 2 is 1.59 bits per heavy atom. The maximum absolute atomic E-state index is 4.49. The third-order valence-corrected chi connectivity index (χ3v) is 2.89. The fourth-order valence-electron chi connectivity index (χ4n) is 1.68. The number of rotatable bonds is 3. The zero-order valence-electron chi connectivity index (χ0n) is 10.9. The smallest absolute Gasteiger partial charge is 0.181 e. The molecule has 0 aliphatic carbocycles. The highest BCUT2D eigenvalue weighted by Crippen LogP contribution is 2.21. The van der Waals surface area contributed by atoms with Gasteiger partial charge in [0.15, 0.2) is 5.82 Å². The number of benzene rings is 1. The molecular formula is C14H19N3. The van der Waals surface area contributed by atoms with Gasteiger partial charge in [0.25, 0.3) is 0 Å². The Balaban J connectivity index is 2.27. The minimum absolute atomic E-state index is 0.381. The second-order valence-corrected chi connectivity index (χ2v) is 4.98. The molecule has 0 unspecified atom stereocenters. The van der Waals surface area contributed by atoms with Crippen molar-refractivity contribution in [2.24, 2.45) is 0 Å². The van der Waals surface area contributed by atoms with E-state index in [1.54, 1.807) is 0 Å². The lowest BCUT2D eigenvalue weighted by Crippen LogP contribution is -1.90. The maximum Gasteiger partial charge on any atom is 0.181 e. The van der Waals surface area contributed by atoms with Crippen molar-refractivity contribution < 1.29 is 0 Å². The van der Waals surface area contributed by atoms with Crippen LogP contribution in [0.15, 0.2) is 24.3 Å². The zero-order valence-corrected chi connectivity index (χ0v) is 10.9. The molecule has 0 aliphatic heterocycles. The average molecular weight is 229 g/mol. The summed E-state index contributed by atoms with van der Waals surface area (Å²) in [5.74, 6) is 2.66. The van der Waals surface area contributed by atoms with Crippen molar-refractivity contribution in [1.82, 2.24) is 15.2 Å². The second kappa shape index (κ2) is 4.70. The molecular weight excluding hydrogens is 210 g/mol. The molecule has 2 aromatic rings. The van der Waals surface area contributed by atoms with Gasteiger partial charge < -0.3 is 0 Å². The molecule has 3 heteroatoms. The molecule has 0 radical (unpaired) electrons. The van der Waals surface area contributed by atoms with Crippen LogP contribution in [0.2, 0.25) is 0 Å². The molecule has 0 fully saturated rings. The van der Waals surface area contributed by atoms with E-state index in [9.17, 15) is 0 Å². The van der Waals surface area contributed by atoms with Crippen LogP contribution in [-0.2, 0) is 0 Å². The molecule has 1 aromatic carbocycles. The summed E-state index contributed by atoms with van der Waals surface area (Å²) in [6, 6.07) is 8.46. The van der Waals surface area contributed by atoms with Crippen LogP contribution in [0.5, 0.6) is 0 Å². The summed E-state index contributed by atoms with van der Waals surface area (Å²) in [6.07, 6.45) is 0. The van der Waals surface area contributed by atoms with Gasteiger partial charge in [-0.25, -0.2) is 4.98 Å². The van der Waals surface area contributed by atoms with Gasteiger partial charge in [-0.15, -0.1) is 0 Å². The van der Waals surface area contributed by atoms with Gasteiger partial charge in [0.2, 0.25) is 0 Å². The van der Waals surface area contributed by atoms with Crippen LogP contribution in [0.4, 0.5) is 0 Å². The first-order valence-corrected chi connectivity index (χ1v) is 6.10. The molecule has 0 atom stereocenters. The van der Waals surface area contributed by atoms with Crippen molar-refractivity contribution in [3.63, 3.8) is 0 Å². The highest BCUT2D eigenvalue weighted by molar-refractivity contribution is 5.55. The minimum Gasteiger partial charge on any atom is -0.262 e. The van der Waals surface area contributed by atoms with E-state index in [1.165, 1.54) is 5.56 Å². The number of aromatic nitrogens is 3. The summed E-state index contributed by atoms with van der Waals surface area (Å²) in [4.78, 5) is 4.49. The highest BCUT2D eigenvalue weighted by atomic mass is 15.2. The van der Waals surface area contributed by atoms with E-state index in [4.69, 9.17) is 0 Å². The summed E-state index contributed by atoms with van der Waals surface area (Å²) >= 11 is 0. The second-order valence-electron chi connectivity index (χ2n) is 4.98. The van der Waals surface area contributed by atoms with Crippen molar-refractivity contribution in [1.29, 1.82) is 0 Å². The zero-order chi connectivity index (χ0) is 12.4. The first kappa shape index (κ1) is 11.8. The topological polar surface area (TPSA) is 41.6 Å². The van der Waals surface area contributed by atoms with Crippen molar-refractivity contribution in [2.75, 3.05) is 0 Å². The first-order valence-electron chi connectivity index (χ1n) is 6.10. The Kier molecular flexibility index (Phi) is 3.27. The molecule has 0 saturated heterocycles. The molecule has 1 aromatic heterocycles. The van der Waals surface area contributed by atoms with E-state index in [0.29, 0.717) is 11.8 Å². The molecule has 1 N–H and O–H groups in total. The Bertz CT molecular complexity index is 480. The van der Waals surface area contributed by atoms with Crippen molar-refractivity contribution in [3.05, 3.63) is 35.7 Å². The Morgan fingerprint density at radius 1 is 0.941 bits per heavy atom. The summed E-state index contributed by atoms with van der Waals surface area (Å²) in [5.41, 5.74) is 2.41. The molecule has 3 nitrogen and oxygen atoms in total. The summed E-state index contributed by atoms with van der Waals surface area (Å²) < 4.78 is 0. The van der Waals surface area contributed by atoms with E-state index in [2.05, 4.69) is 67.1 Å². The number of nitrogens with one attached hydrogen (secondary N) is 1. The predicted molar refractivity (Wildman–Crippen MR) is 70.0 cm³/mol. The van der Waals surface area contributed by atoms with E-state index in [-0.39, 0.29) is 0 Å². The van der Waals surface area contributed by atoms with Crippen molar-refractivity contribution in [2.45, 2.75) is 39.5 Å². The van der Waals surface area contributed by atoms with Gasteiger partial charge in [-0.3, -0.25) is 5.10 Å². The Morgan fingerprint density at radius 3 is 2.06 bits per heavy atom. The van der Waals surface area contributed by atoms with E-state index >= 15 is 0 Å². The van der Waals surface area contributed by atoms with Gasteiger partial charge in [0.05, 0.1) is 0 Å². The maximum atomic E-state index is 4.49. The van der Waals surface area contributed by atoms with Crippen LogP contribution in [0.1, 0.15) is 50.9 Å². The lowest BCUT2D eigenvalue weighted by molar-refractivity contribution is 0.781. The number of aromatic amines is 1. The van der Waals surface area contributed by atoms with Gasteiger partial charge in [-0.05, 0) is 11.5 Å².